The number of phenols is 1. The first-order valence-electron chi connectivity index (χ1n) is 6.17. The maximum absolute atomic E-state index is 9.53. The van der Waals surface area contributed by atoms with E-state index in [-0.39, 0.29) is 5.75 Å². The van der Waals surface area contributed by atoms with Crippen LogP contribution in [0, 0.1) is 6.92 Å². The van der Waals surface area contributed by atoms with Crippen molar-refractivity contribution in [2.75, 3.05) is 7.11 Å². The highest BCUT2D eigenvalue weighted by Gasteiger charge is 2.13. The summed E-state index contributed by atoms with van der Waals surface area (Å²) in [6.07, 6.45) is 1.37. The SMILES string of the molecule is COc1cc(-c2noc(-c3ccc(O)c(C)c3)n2)ncn1. The van der Waals surface area contributed by atoms with E-state index in [0.29, 0.717) is 23.3 Å². The van der Waals surface area contributed by atoms with Gasteiger partial charge in [-0.2, -0.15) is 4.98 Å². The zero-order chi connectivity index (χ0) is 14.8. The number of aromatic nitrogens is 4. The van der Waals surface area contributed by atoms with E-state index in [1.54, 1.807) is 31.2 Å². The highest BCUT2D eigenvalue weighted by molar-refractivity contribution is 5.59. The average molecular weight is 284 g/mol. The molecule has 7 heteroatoms. The lowest BCUT2D eigenvalue weighted by atomic mass is 10.1. The fraction of sp³-hybridized carbons (Fsp3) is 0.143. The number of aryl methyl sites for hydroxylation is 1. The molecular formula is C14H12N4O3. The Kier molecular flexibility index (Phi) is 3.23. The molecule has 0 spiro atoms. The molecule has 2 heterocycles. The molecule has 0 saturated heterocycles. The molecule has 21 heavy (non-hydrogen) atoms. The molecule has 0 unspecified atom stereocenters. The molecule has 3 aromatic rings. The molecule has 0 atom stereocenters. The number of nitrogens with zero attached hydrogens (tertiary/aromatic N) is 4. The monoisotopic (exact) mass is 284 g/mol. The van der Waals surface area contributed by atoms with Gasteiger partial charge in [-0.05, 0) is 30.7 Å². The van der Waals surface area contributed by atoms with Gasteiger partial charge in [-0.15, -0.1) is 0 Å². The fourth-order valence-electron chi connectivity index (χ4n) is 1.81. The van der Waals surface area contributed by atoms with Gasteiger partial charge in [0.2, 0.25) is 11.7 Å². The number of ether oxygens (including phenoxy) is 1. The zero-order valence-corrected chi connectivity index (χ0v) is 11.4. The molecule has 1 N–H and O–H groups in total. The second kappa shape index (κ2) is 5.20. The molecule has 0 amide bonds. The third-order valence-electron chi connectivity index (χ3n) is 2.95. The molecule has 3 rings (SSSR count). The molecule has 0 aliphatic carbocycles. The number of aromatic hydroxyl groups is 1. The van der Waals surface area contributed by atoms with Crippen molar-refractivity contribution in [2.45, 2.75) is 6.92 Å². The molecule has 0 bridgehead atoms. The van der Waals surface area contributed by atoms with Crippen LogP contribution >= 0.6 is 0 Å². The van der Waals surface area contributed by atoms with Gasteiger partial charge in [0.25, 0.3) is 5.89 Å². The van der Waals surface area contributed by atoms with Crippen LogP contribution in [0.2, 0.25) is 0 Å². The molecule has 0 saturated carbocycles. The van der Waals surface area contributed by atoms with Crippen LogP contribution in [0.15, 0.2) is 35.1 Å². The number of methoxy groups -OCH3 is 1. The van der Waals surface area contributed by atoms with Crippen molar-refractivity contribution in [1.82, 2.24) is 20.1 Å². The van der Waals surface area contributed by atoms with Gasteiger partial charge in [0, 0.05) is 11.6 Å². The molecule has 0 radical (unpaired) electrons. The highest BCUT2D eigenvalue weighted by Crippen LogP contribution is 2.26. The average Bonchev–Trinajstić information content (AvgIpc) is 3.00. The lowest BCUT2D eigenvalue weighted by molar-refractivity contribution is 0.397. The van der Waals surface area contributed by atoms with E-state index >= 15 is 0 Å². The second-order valence-corrected chi connectivity index (χ2v) is 4.37. The van der Waals surface area contributed by atoms with Crippen LogP contribution < -0.4 is 4.74 Å². The van der Waals surface area contributed by atoms with Gasteiger partial charge in [-0.3, -0.25) is 0 Å². The zero-order valence-electron chi connectivity index (χ0n) is 11.4. The lowest BCUT2D eigenvalue weighted by Gasteiger charge is -1.99. The Morgan fingerprint density at radius 3 is 2.81 bits per heavy atom. The summed E-state index contributed by atoms with van der Waals surface area (Å²) in [5, 5.41) is 13.4. The van der Waals surface area contributed by atoms with Crippen molar-refractivity contribution < 1.29 is 14.4 Å². The Bertz CT molecular complexity index is 785. The first-order valence-corrected chi connectivity index (χ1v) is 6.17. The maximum atomic E-state index is 9.53. The predicted octanol–water partition coefficient (Wildman–Crippen LogP) is 2.22. The van der Waals surface area contributed by atoms with Gasteiger partial charge < -0.3 is 14.4 Å². The van der Waals surface area contributed by atoms with Crippen LogP contribution in [0.3, 0.4) is 0 Å². The minimum atomic E-state index is 0.221. The van der Waals surface area contributed by atoms with Gasteiger partial charge >= 0.3 is 0 Å². The molecule has 1 aromatic carbocycles. The minimum absolute atomic E-state index is 0.221. The molecule has 0 aliphatic heterocycles. The van der Waals surface area contributed by atoms with Crippen molar-refractivity contribution in [3.63, 3.8) is 0 Å². The summed E-state index contributed by atoms with van der Waals surface area (Å²) >= 11 is 0. The fourth-order valence-corrected chi connectivity index (χ4v) is 1.81. The van der Waals surface area contributed by atoms with Gasteiger partial charge in [0.05, 0.1) is 7.11 Å². The van der Waals surface area contributed by atoms with Gasteiger partial charge in [-0.25, -0.2) is 9.97 Å². The van der Waals surface area contributed by atoms with Crippen LogP contribution in [-0.4, -0.2) is 32.3 Å². The van der Waals surface area contributed by atoms with Crippen molar-refractivity contribution in [3.05, 3.63) is 36.2 Å². The van der Waals surface area contributed by atoms with Crippen LogP contribution in [-0.2, 0) is 0 Å². The van der Waals surface area contributed by atoms with Crippen LogP contribution in [0.1, 0.15) is 5.56 Å². The molecule has 0 aliphatic rings. The Hall–Kier alpha value is -2.96. The summed E-state index contributed by atoms with van der Waals surface area (Å²) in [7, 11) is 1.52. The summed E-state index contributed by atoms with van der Waals surface area (Å²) in [4.78, 5) is 12.3. The molecule has 106 valence electrons. The Morgan fingerprint density at radius 2 is 2.05 bits per heavy atom. The Labute approximate surface area is 120 Å². The van der Waals surface area contributed by atoms with Crippen LogP contribution in [0.5, 0.6) is 11.6 Å². The molecule has 2 aromatic heterocycles. The minimum Gasteiger partial charge on any atom is -0.508 e. The van der Waals surface area contributed by atoms with E-state index in [2.05, 4.69) is 20.1 Å². The maximum Gasteiger partial charge on any atom is 0.258 e. The number of phenolic OH excluding ortho intramolecular Hbond substituents is 1. The van der Waals surface area contributed by atoms with Crippen molar-refractivity contribution in [1.29, 1.82) is 0 Å². The van der Waals surface area contributed by atoms with E-state index in [4.69, 9.17) is 9.26 Å². The Morgan fingerprint density at radius 1 is 1.19 bits per heavy atom. The lowest BCUT2D eigenvalue weighted by Crippen LogP contribution is -1.91. The van der Waals surface area contributed by atoms with E-state index in [9.17, 15) is 5.11 Å². The largest absolute Gasteiger partial charge is 0.508 e. The number of benzene rings is 1. The van der Waals surface area contributed by atoms with E-state index in [1.165, 1.54) is 13.4 Å². The summed E-state index contributed by atoms with van der Waals surface area (Å²) in [5.74, 6) is 1.34. The first kappa shape index (κ1) is 13.0. The van der Waals surface area contributed by atoms with Gasteiger partial charge in [0.15, 0.2) is 0 Å². The quantitative estimate of drug-likeness (QED) is 0.787. The van der Waals surface area contributed by atoms with Crippen molar-refractivity contribution >= 4 is 0 Å². The third-order valence-corrected chi connectivity index (χ3v) is 2.95. The van der Waals surface area contributed by atoms with E-state index in [0.717, 1.165) is 11.1 Å². The Balaban J connectivity index is 1.97. The van der Waals surface area contributed by atoms with E-state index < -0.39 is 0 Å². The summed E-state index contributed by atoms with van der Waals surface area (Å²) in [6, 6.07) is 6.69. The number of hydrogen-bond donors (Lipinski definition) is 1. The highest BCUT2D eigenvalue weighted by atomic mass is 16.5. The van der Waals surface area contributed by atoms with Crippen molar-refractivity contribution in [2.24, 2.45) is 0 Å². The standard InChI is InChI=1S/C14H12N4O3/c1-8-5-9(3-4-11(8)19)14-17-13(18-21-14)10-6-12(20-2)16-7-15-10/h3-7,19H,1-2H3. The van der Waals surface area contributed by atoms with Crippen LogP contribution in [0.25, 0.3) is 23.0 Å². The topological polar surface area (TPSA) is 94.2 Å². The number of rotatable bonds is 3. The normalized spacial score (nSPS) is 10.6. The number of hydrogen-bond acceptors (Lipinski definition) is 7. The summed E-state index contributed by atoms with van der Waals surface area (Å²) < 4.78 is 10.3. The van der Waals surface area contributed by atoms with Gasteiger partial charge in [0.1, 0.15) is 17.8 Å². The first-order chi connectivity index (χ1) is 10.2. The third kappa shape index (κ3) is 2.53. The van der Waals surface area contributed by atoms with Crippen LogP contribution in [0.4, 0.5) is 0 Å². The smallest absolute Gasteiger partial charge is 0.258 e. The second-order valence-electron chi connectivity index (χ2n) is 4.37. The molecule has 7 nitrogen and oxygen atoms in total. The van der Waals surface area contributed by atoms with Gasteiger partial charge in [-0.1, -0.05) is 5.16 Å². The summed E-state index contributed by atoms with van der Waals surface area (Å²) in [6.45, 7) is 1.80. The predicted molar refractivity (Wildman–Crippen MR) is 73.7 cm³/mol. The molecule has 0 fully saturated rings. The van der Waals surface area contributed by atoms with Crippen molar-refractivity contribution in [3.8, 4) is 34.6 Å². The summed E-state index contributed by atoms with van der Waals surface area (Å²) in [5.41, 5.74) is 1.97. The van der Waals surface area contributed by atoms with E-state index in [1.807, 2.05) is 0 Å². The molecular weight excluding hydrogens is 272 g/mol.